The zero-order valence-corrected chi connectivity index (χ0v) is 16.2. The lowest BCUT2D eigenvalue weighted by atomic mass is 10.1. The maximum atomic E-state index is 12.6. The third-order valence-corrected chi connectivity index (χ3v) is 4.42. The van der Waals surface area contributed by atoms with Gasteiger partial charge in [0.25, 0.3) is 0 Å². The van der Waals surface area contributed by atoms with Crippen molar-refractivity contribution in [3.05, 3.63) is 54.0 Å². The lowest BCUT2D eigenvalue weighted by molar-refractivity contribution is -0.117. The van der Waals surface area contributed by atoms with Gasteiger partial charge in [-0.05, 0) is 51.0 Å². The molecule has 1 aromatic carbocycles. The van der Waals surface area contributed by atoms with Crippen molar-refractivity contribution in [3.8, 4) is 0 Å². The molecule has 1 aromatic heterocycles. The topological polar surface area (TPSA) is 71.8 Å². The molecule has 2 aromatic rings. The first-order valence-electron chi connectivity index (χ1n) is 9.11. The van der Waals surface area contributed by atoms with Gasteiger partial charge in [0.2, 0.25) is 5.91 Å². The normalized spacial score (nSPS) is 18.7. The standard InChI is InChI=1S/C21H26N2O4/c1-21(2,3)27-20(25)23(4)13-14-8-5-6-9-17(14)22-19(24)16-12-15(16)18-10-7-11-26-18/h5-11,15-16H,12-13H2,1-4H3,(H,22,24). The average molecular weight is 370 g/mol. The van der Waals surface area contributed by atoms with E-state index in [1.807, 2.05) is 57.2 Å². The van der Waals surface area contributed by atoms with E-state index in [1.54, 1.807) is 13.3 Å². The molecule has 1 saturated carbocycles. The van der Waals surface area contributed by atoms with E-state index < -0.39 is 11.7 Å². The summed E-state index contributed by atoms with van der Waals surface area (Å²) in [6.45, 7) is 5.84. The summed E-state index contributed by atoms with van der Waals surface area (Å²) in [7, 11) is 1.68. The molecule has 27 heavy (non-hydrogen) atoms. The van der Waals surface area contributed by atoms with Crippen LogP contribution in [0.5, 0.6) is 0 Å². The Kier molecular flexibility index (Phi) is 5.26. The summed E-state index contributed by atoms with van der Waals surface area (Å²) in [5.41, 5.74) is 1.02. The molecule has 0 spiro atoms. The summed E-state index contributed by atoms with van der Waals surface area (Å²) in [4.78, 5) is 26.3. The second-order valence-corrected chi connectivity index (χ2v) is 7.95. The Morgan fingerprint density at radius 1 is 1.22 bits per heavy atom. The molecular weight excluding hydrogens is 344 g/mol. The first-order valence-corrected chi connectivity index (χ1v) is 9.11. The van der Waals surface area contributed by atoms with E-state index in [0.29, 0.717) is 12.2 Å². The molecule has 2 atom stereocenters. The van der Waals surface area contributed by atoms with Gasteiger partial charge in [0, 0.05) is 24.6 Å². The van der Waals surface area contributed by atoms with Gasteiger partial charge in [-0.2, -0.15) is 0 Å². The minimum absolute atomic E-state index is 0.0243. The van der Waals surface area contributed by atoms with Crippen LogP contribution in [0.1, 0.15) is 44.4 Å². The lowest BCUT2D eigenvalue weighted by Crippen LogP contribution is -2.34. The van der Waals surface area contributed by atoms with E-state index in [4.69, 9.17) is 9.15 Å². The number of anilines is 1. The lowest BCUT2D eigenvalue weighted by Gasteiger charge is -2.25. The van der Waals surface area contributed by atoms with Crippen LogP contribution in [-0.2, 0) is 16.1 Å². The maximum Gasteiger partial charge on any atom is 0.410 e. The summed E-state index contributed by atoms with van der Waals surface area (Å²) < 4.78 is 10.8. The molecule has 2 unspecified atom stereocenters. The van der Waals surface area contributed by atoms with Crippen molar-refractivity contribution in [3.63, 3.8) is 0 Å². The molecule has 0 aliphatic heterocycles. The van der Waals surface area contributed by atoms with Crippen LogP contribution in [0.15, 0.2) is 47.1 Å². The zero-order chi connectivity index (χ0) is 19.6. The molecule has 1 aliphatic carbocycles. The summed E-state index contributed by atoms with van der Waals surface area (Å²) in [6, 6.07) is 11.2. The minimum atomic E-state index is -0.550. The molecule has 0 bridgehead atoms. The molecule has 1 heterocycles. The highest BCUT2D eigenvalue weighted by Crippen LogP contribution is 2.48. The number of nitrogens with zero attached hydrogens (tertiary/aromatic N) is 1. The Morgan fingerprint density at radius 2 is 1.96 bits per heavy atom. The van der Waals surface area contributed by atoms with Gasteiger partial charge in [0.1, 0.15) is 11.4 Å². The second-order valence-electron chi connectivity index (χ2n) is 7.95. The fourth-order valence-corrected chi connectivity index (χ4v) is 2.97. The molecule has 3 rings (SSSR count). The average Bonchev–Trinajstić information content (AvgIpc) is 3.20. The van der Waals surface area contributed by atoms with Gasteiger partial charge in [-0.25, -0.2) is 4.79 Å². The van der Waals surface area contributed by atoms with Crippen molar-refractivity contribution in [2.45, 2.75) is 45.3 Å². The first kappa shape index (κ1) is 19.0. The Balaban J connectivity index is 1.62. The van der Waals surface area contributed by atoms with E-state index in [-0.39, 0.29) is 17.7 Å². The number of carbonyl (C=O) groups excluding carboxylic acids is 2. The Hall–Kier alpha value is -2.76. The first-order chi connectivity index (χ1) is 12.7. The number of benzene rings is 1. The van der Waals surface area contributed by atoms with E-state index in [0.717, 1.165) is 17.7 Å². The van der Waals surface area contributed by atoms with Gasteiger partial charge in [0.05, 0.1) is 12.8 Å². The second kappa shape index (κ2) is 7.47. The fraction of sp³-hybridized carbons (Fsp3) is 0.429. The molecule has 0 saturated heterocycles. The molecule has 144 valence electrons. The molecular formula is C21H26N2O4. The molecule has 1 fully saturated rings. The number of nitrogens with one attached hydrogen (secondary N) is 1. The van der Waals surface area contributed by atoms with Crippen molar-refractivity contribution >= 4 is 17.7 Å². The molecule has 6 nitrogen and oxygen atoms in total. The number of amides is 2. The molecule has 1 aliphatic rings. The third-order valence-electron chi connectivity index (χ3n) is 4.42. The summed E-state index contributed by atoms with van der Waals surface area (Å²) in [5, 5.41) is 3.00. The number of hydrogen-bond acceptors (Lipinski definition) is 4. The van der Waals surface area contributed by atoms with Crippen LogP contribution in [0.3, 0.4) is 0 Å². The number of carbonyl (C=O) groups is 2. The van der Waals surface area contributed by atoms with Crippen LogP contribution in [0.25, 0.3) is 0 Å². The van der Waals surface area contributed by atoms with Crippen LogP contribution in [0.2, 0.25) is 0 Å². The summed E-state index contributed by atoms with van der Waals surface area (Å²) in [6.07, 6.45) is 2.02. The van der Waals surface area contributed by atoms with Crippen LogP contribution < -0.4 is 5.32 Å². The van der Waals surface area contributed by atoms with E-state index >= 15 is 0 Å². The van der Waals surface area contributed by atoms with Crippen LogP contribution >= 0.6 is 0 Å². The third kappa shape index (κ3) is 4.90. The number of hydrogen-bond donors (Lipinski definition) is 1. The van der Waals surface area contributed by atoms with Crippen molar-refractivity contribution < 1.29 is 18.7 Å². The smallest absolute Gasteiger partial charge is 0.410 e. The highest BCUT2D eigenvalue weighted by atomic mass is 16.6. The highest BCUT2D eigenvalue weighted by Gasteiger charge is 2.45. The number of furan rings is 1. The number of para-hydroxylation sites is 1. The predicted octanol–water partition coefficient (Wildman–Crippen LogP) is 4.39. The number of ether oxygens (including phenoxy) is 1. The maximum absolute atomic E-state index is 12.6. The summed E-state index contributed by atoms with van der Waals surface area (Å²) in [5.74, 6) is 0.904. The highest BCUT2D eigenvalue weighted by molar-refractivity contribution is 5.95. The molecule has 0 radical (unpaired) electrons. The minimum Gasteiger partial charge on any atom is -0.469 e. The van der Waals surface area contributed by atoms with Gasteiger partial charge in [-0.1, -0.05) is 18.2 Å². The number of rotatable bonds is 5. The van der Waals surface area contributed by atoms with Gasteiger partial charge in [0.15, 0.2) is 0 Å². The Labute approximate surface area is 159 Å². The van der Waals surface area contributed by atoms with Crippen molar-refractivity contribution in [1.82, 2.24) is 4.90 Å². The van der Waals surface area contributed by atoms with E-state index in [2.05, 4.69) is 5.32 Å². The van der Waals surface area contributed by atoms with E-state index in [9.17, 15) is 9.59 Å². The van der Waals surface area contributed by atoms with Gasteiger partial charge < -0.3 is 19.4 Å². The van der Waals surface area contributed by atoms with E-state index in [1.165, 1.54) is 4.90 Å². The van der Waals surface area contributed by atoms with Gasteiger partial charge >= 0.3 is 6.09 Å². The SMILES string of the molecule is CN(Cc1ccccc1NC(=O)C1CC1c1ccco1)C(=O)OC(C)(C)C. The predicted molar refractivity (Wildman–Crippen MR) is 102 cm³/mol. The summed E-state index contributed by atoms with van der Waals surface area (Å²) >= 11 is 0. The fourth-order valence-electron chi connectivity index (χ4n) is 2.97. The monoisotopic (exact) mass is 370 g/mol. The zero-order valence-electron chi connectivity index (χ0n) is 16.2. The quantitative estimate of drug-likeness (QED) is 0.847. The van der Waals surface area contributed by atoms with Crippen molar-refractivity contribution in [2.75, 3.05) is 12.4 Å². The largest absolute Gasteiger partial charge is 0.469 e. The molecule has 2 amide bonds. The Bertz CT molecular complexity index is 808. The van der Waals surface area contributed by atoms with Gasteiger partial charge in [-0.3, -0.25) is 4.79 Å². The van der Waals surface area contributed by atoms with Gasteiger partial charge in [-0.15, -0.1) is 0 Å². The van der Waals surface area contributed by atoms with Crippen LogP contribution in [0, 0.1) is 5.92 Å². The van der Waals surface area contributed by atoms with Crippen molar-refractivity contribution in [1.29, 1.82) is 0 Å². The van der Waals surface area contributed by atoms with Crippen LogP contribution in [0.4, 0.5) is 10.5 Å². The molecule has 1 N–H and O–H groups in total. The molecule has 6 heteroatoms. The van der Waals surface area contributed by atoms with Crippen molar-refractivity contribution in [2.24, 2.45) is 5.92 Å². The Morgan fingerprint density at radius 3 is 2.63 bits per heavy atom. The van der Waals surface area contributed by atoms with Crippen LogP contribution in [-0.4, -0.2) is 29.5 Å².